The molecule has 148 valence electrons. The number of carbonyl (C=O) groups excluding carboxylic acids is 3. The summed E-state index contributed by atoms with van der Waals surface area (Å²) in [5.41, 5.74) is 5.27. The van der Waals surface area contributed by atoms with Crippen molar-refractivity contribution in [3.8, 4) is 11.5 Å². The van der Waals surface area contributed by atoms with Crippen molar-refractivity contribution in [3.63, 3.8) is 0 Å². The van der Waals surface area contributed by atoms with Crippen molar-refractivity contribution in [1.29, 1.82) is 0 Å². The molecule has 0 aromatic heterocycles. The van der Waals surface area contributed by atoms with E-state index in [4.69, 9.17) is 9.47 Å². The Kier molecular flexibility index (Phi) is 7.83. The van der Waals surface area contributed by atoms with Crippen LogP contribution in [0.25, 0.3) is 0 Å². The van der Waals surface area contributed by atoms with Crippen LogP contribution in [0, 0.1) is 0 Å². The lowest BCUT2D eigenvalue weighted by Crippen LogP contribution is -2.46. The third-order valence-electron chi connectivity index (χ3n) is 3.65. The first kappa shape index (κ1) is 20.8. The zero-order valence-electron chi connectivity index (χ0n) is 15.8. The van der Waals surface area contributed by atoms with Crippen molar-refractivity contribution in [2.24, 2.45) is 0 Å². The standard InChI is InChI=1S/C20H23N3O5/c1-3-11-28-16-10-9-15(12-17(16)27-2)20(26)23-22-18(24)13-21-19(25)14-7-5-4-6-8-14/h4-10,12H,3,11,13H2,1-2H3,(H,21,25)(H,22,24)(H,23,26). The third-order valence-corrected chi connectivity index (χ3v) is 3.65. The summed E-state index contributed by atoms with van der Waals surface area (Å²) in [6.45, 7) is 2.24. The van der Waals surface area contributed by atoms with Crippen molar-refractivity contribution in [2.75, 3.05) is 20.3 Å². The van der Waals surface area contributed by atoms with Gasteiger partial charge in [0.1, 0.15) is 0 Å². The van der Waals surface area contributed by atoms with Crippen molar-refractivity contribution in [3.05, 3.63) is 59.7 Å². The van der Waals surface area contributed by atoms with Gasteiger partial charge in [-0.1, -0.05) is 25.1 Å². The Bertz CT molecular complexity index is 824. The van der Waals surface area contributed by atoms with Crippen molar-refractivity contribution < 1.29 is 23.9 Å². The van der Waals surface area contributed by atoms with E-state index in [9.17, 15) is 14.4 Å². The molecule has 28 heavy (non-hydrogen) atoms. The van der Waals surface area contributed by atoms with Crippen LogP contribution < -0.4 is 25.6 Å². The first-order chi connectivity index (χ1) is 13.5. The number of nitrogens with one attached hydrogen (secondary N) is 3. The molecule has 3 N–H and O–H groups in total. The van der Waals surface area contributed by atoms with Gasteiger partial charge in [0.2, 0.25) is 0 Å². The Balaban J connectivity index is 1.84. The normalized spacial score (nSPS) is 9.93. The number of hydrogen-bond donors (Lipinski definition) is 3. The third kappa shape index (κ3) is 6.01. The molecule has 0 aliphatic heterocycles. The smallest absolute Gasteiger partial charge is 0.269 e. The summed E-state index contributed by atoms with van der Waals surface area (Å²) in [5.74, 6) is -0.513. The lowest BCUT2D eigenvalue weighted by molar-refractivity contribution is -0.120. The summed E-state index contributed by atoms with van der Waals surface area (Å²) in [6.07, 6.45) is 0.845. The molecule has 2 rings (SSSR count). The molecular formula is C20H23N3O5. The average molecular weight is 385 g/mol. The van der Waals surface area contributed by atoms with Gasteiger partial charge in [-0.25, -0.2) is 0 Å². The van der Waals surface area contributed by atoms with E-state index in [1.807, 2.05) is 6.92 Å². The van der Waals surface area contributed by atoms with Gasteiger partial charge in [-0.15, -0.1) is 0 Å². The lowest BCUT2D eigenvalue weighted by Gasteiger charge is -2.12. The Morgan fingerprint density at radius 3 is 2.32 bits per heavy atom. The fraction of sp³-hybridized carbons (Fsp3) is 0.250. The predicted octanol–water partition coefficient (Wildman–Crippen LogP) is 1.67. The molecule has 0 atom stereocenters. The second kappa shape index (κ2) is 10.6. The SMILES string of the molecule is CCCOc1ccc(C(=O)NNC(=O)CNC(=O)c2ccccc2)cc1OC. The number of carbonyl (C=O) groups is 3. The fourth-order valence-corrected chi connectivity index (χ4v) is 2.24. The van der Waals surface area contributed by atoms with Crippen LogP contribution in [0.5, 0.6) is 11.5 Å². The highest BCUT2D eigenvalue weighted by atomic mass is 16.5. The molecule has 0 aliphatic carbocycles. The summed E-state index contributed by atoms with van der Waals surface area (Å²) >= 11 is 0. The van der Waals surface area contributed by atoms with E-state index in [2.05, 4.69) is 16.2 Å². The van der Waals surface area contributed by atoms with Gasteiger partial charge < -0.3 is 14.8 Å². The minimum atomic E-state index is -0.563. The molecule has 0 aliphatic rings. The zero-order valence-corrected chi connectivity index (χ0v) is 15.8. The van der Waals surface area contributed by atoms with Crippen LogP contribution in [0.4, 0.5) is 0 Å². The number of hydrogen-bond acceptors (Lipinski definition) is 5. The fourth-order valence-electron chi connectivity index (χ4n) is 2.24. The van der Waals surface area contributed by atoms with E-state index in [1.54, 1.807) is 42.5 Å². The van der Waals surface area contributed by atoms with E-state index < -0.39 is 11.8 Å². The minimum absolute atomic E-state index is 0.277. The number of benzene rings is 2. The highest BCUT2D eigenvalue weighted by molar-refractivity contribution is 5.98. The first-order valence-corrected chi connectivity index (χ1v) is 8.78. The van der Waals surface area contributed by atoms with E-state index in [0.29, 0.717) is 23.7 Å². The molecule has 0 radical (unpaired) electrons. The predicted molar refractivity (Wildman–Crippen MR) is 103 cm³/mol. The Morgan fingerprint density at radius 2 is 1.64 bits per heavy atom. The monoisotopic (exact) mass is 385 g/mol. The van der Waals surface area contributed by atoms with E-state index in [1.165, 1.54) is 13.2 Å². The van der Waals surface area contributed by atoms with Crippen LogP contribution in [0.15, 0.2) is 48.5 Å². The molecule has 8 nitrogen and oxygen atoms in total. The van der Waals surface area contributed by atoms with Gasteiger partial charge in [-0.3, -0.25) is 25.2 Å². The van der Waals surface area contributed by atoms with E-state index >= 15 is 0 Å². The molecule has 0 saturated heterocycles. The molecule has 0 fully saturated rings. The van der Waals surface area contributed by atoms with Crippen LogP contribution in [-0.4, -0.2) is 38.0 Å². The molecule has 0 unspecified atom stereocenters. The summed E-state index contributed by atoms with van der Waals surface area (Å²) in [6, 6.07) is 13.2. The average Bonchev–Trinajstić information content (AvgIpc) is 2.74. The zero-order chi connectivity index (χ0) is 20.4. The molecule has 0 saturated carbocycles. The van der Waals surface area contributed by atoms with Crippen LogP contribution in [-0.2, 0) is 4.79 Å². The van der Waals surface area contributed by atoms with Gasteiger partial charge in [-0.05, 0) is 36.8 Å². The molecule has 0 spiro atoms. The van der Waals surface area contributed by atoms with Gasteiger partial charge >= 0.3 is 0 Å². The number of amides is 3. The van der Waals surface area contributed by atoms with Crippen LogP contribution in [0.2, 0.25) is 0 Å². The topological polar surface area (TPSA) is 106 Å². The van der Waals surface area contributed by atoms with Gasteiger partial charge in [0.15, 0.2) is 11.5 Å². The Hall–Kier alpha value is -3.55. The number of rotatable bonds is 8. The summed E-state index contributed by atoms with van der Waals surface area (Å²) in [4.78, 5) is 35.9. The summed E-state index contributed by atoms with van der Waals surface area (Å²) in [5, 5.41) is 2.47. The van der Waals surface area contributed by atoms with E-state index in [-0.39, 0.29) is 18.0 Å². The molecular weight excluding hydrogens is 362 g/mol. The second-order valence-corrected chi connectivity index (χ2v) is 5.77. The van der Waals surface area contributed by atoms with E-state index in [0.717, 1.165) is 6.42 Å². The molecule has 0 heterocycles. The number of methoxy groups -OCH3 is 1. The largest absolute Gasteiger partial charge is 0.493 e. The Morgan fingerprint density at radius 1 is 0.893 bits per heavy atom. The summed E-state index contributed by atoms with van der Waals surface area (Å²) in [7, 11) is 1.48. The molecule has 0 bridgehead atoms. The maximum atomic E-state index is 12.2. The molecule has 8 heteroatoms. The number of ether oxygens (including phenoxy) is 2. The minimum Gasteiger partial charge on any atom is -0.493 e. The highest BCUT2D eigenvalue weighted by Gasteiger charge is 2.13. The van der Waals surface area contributed by atoms with Crippen molar-refractivity contribution in [2.45, 2.75) is 13.3 Å². The first-order valence-electron chi connectivity index (χ1n) is 8.78. The maximum absolute atomic E-state index is 12.2. The van der Waals surface area contributed by atoms with Gasteiger partial charge in [0, 0.05) is 11.1 Å². The maximum Gasteiger partial charge on any atom is 0.269 e. The molecule has 2 aromatic rings. The molecule has 3 amide bonds. The summed E-state index contributed by atoms with van der Waals surface area (Å²) < 4.78 is 10.8. The van der Waals surface area contributed by atoms with Crippen molar-refractivity contribution >= 4 is 17.7 Å². The van der Waals surface area contributed by atoms with Gasteiger partial charge in [0.05, 0.1) is 20.3 Å². The van der Waals surface area contributed by atoms with Crippen molar-refractivity contribution in [1.82, 2.24) is 16.2 Å². The molecule has 2 aromatic carbocycles. The van der Waals surface area contributed by atoms with Crippen LogP contribution in [0.1, 0.15) is 34.1 Å². The van der Waals surface area contributed by atoms with Gasteiger partial charge in [-0.2, -0.15) is 0 Å². The lowest BCUT2D eigenvalue weighted by atomic mass is 10.2. The quantitative estimate of drug-likeness (QED) is 0.600. The van der Waals surface area contributed by atoms with Gasteiger partial charge in [0.25, 0.3) is 17.7 Å². The number of hydrazine groups is 1. The Labute approximate surface area is 163 Å². The van der Waals surface area contributed by atoms with Crippen LogP contribution in [0.3, 0.4) is 0 Å². The highest BCUT2D eigenvalue weighted by Crippen LogP contribution is 2.28. The van der Waals surface area contributed by atoms with Crippen LogP contribution >= 0.6 is 0 Å². The second-order valence-electron chi connectivity index (χ2n) is 5.77.